The summed E-state index contributed by atoms with van der Waals surface area (Å²) in [7, 11) is 0. The lowest BCUT2D eigenvalue weighted by Gasteiger charge is -2.06. The summed E-state index contributed by atoms with van der Waals surface area (Å²) in [5, 5.41) is 11.3. The number of esters is 1. The van der Waals surface area contributed by atoms with Crippen LogP contribution in [0, 0.1) is 13.8 Å². The van der Waals surface area contributed by atoms with E-state index in [-0.39, 0.29) is 23.4 Å². The molecule has 4 aromatic rings. The smallest absolute Gasteiger partial charge is 0.316 e. The van der Waals surface area contributed by atoms with Gasteiger partial charge >= 0.3 is 5.97 Å². The number of aromatic nitrogens is 4. The van der Waals surface area contributed by atoms with Gasteiger partial charge in [0.05, 0.1) is 0 Å². The van der Waals surface area contributed by atoms with Crippen LogP contribution in [-0.4, -0.2) is 43.9 Å². The molecule has 1 aromatic carbocycles. The SMILES string of the molecule is Cc1cc(C(=O)COC(=O)CSc2nnc(-c3ccc(Cl)cc3)o2)c(C)n1-c1nccs1. The lowest BCUT2D eigenvalue weighted by atomic mass is 10.1. The number of nitrogens with zero attached hydrogens (tertiary/aromatic N) is 4. The van der Waals surface area contributed by atoms with Gasteiger partial charge < -0.3 is 9.15 Å². The van der Waals surface area contributed by atoms with E-state index in [4.69, 9.17) is 20.8 Å². The molecule has 164 valence electrons. The Morgan fingerprint density at radius 2 is 2.00 bits per heavy atom. The van der Waals surface area contributed by atoms with Crippen LogP contribution in [0.25, 0.3) is 16.6 Å². The van der Waals surface area contributed by atoms with Crippen LogP contribution in [0.3, 0.4) is 0 Å². The lowest BCUT2D eigenvalue weighted by Crippen LogP contribution is -2.16. The van der Waals surface area contributed by atoms with Gasteiger partial charge in [0.15, 0.2) is 11.7 Å². The molecular weight excluding hydrogens is 472 g/mol. The van der Waals surface area contributed by atoms with Gasteiger partial charge in [-0.25, -0.2) is 4.98 Å². The molecule has 0 aliphatic carbocycles. The number of rotatable bonds is 8. The summed E-state index contributed by atoms with van der Waals surface area (Å²) in [6, 6.07) is 8.73. The highest BCUT2D eigenvalue weighted by Gasteiger charge is 2.19. The molecule has 0 aliphatic rings. The molecular formula is C21H17ClN4O4S2. The summed E-state index contributed by atoms with van der Waals surface area (Å²) < 4.78 is 12.6. The van der Waals surface area contributed by atoms with Crippen LogP contribution in [-0.2, 0) is 9.53 Å². The van der Waals surface area contributed by atoms with Gasteiger partial charge in [0.2, 0.25) is 11.7 Å². The number of aryl methyl sites for hydroxylation is 1. The molecule has 0 atom stereocenters. The van der Waals surface area contributed by atoms with Gasteiger partial charge in [-0.05, 0) is 44.2 Å². The van der Waals surface area contributed by atoms with Crippen LogP contribution in [0.2, 0.25) is 5.02 Å². The Hall–Kier alpha value is -2.95. The minimum Gasteiger partial charge on any atom is -0.457 e. The van der Waals surface area contributed by atoms with Gasteiger partial charge in [-0.1, -0.05) is 23.4 Å². The Morgan fingerprint density at radius 3 is 2.72 bits per heavy atom. The summed E-state index contributed by atoms with van der Waals surface area (Å²) in [5.41, 5.74) is 2.86. The Morgan fingerprint density at radius 1 is 1.22 bits per heavy atom. The van der Waals surface area contributed by atoms with E-state index in [1.54, 1.807) is 36.5 Å². The Kier molecular flexibility index (Phi) is 6.73. The Labute approximate surface area is 196 Å². The van der Waals surface area contributed by atoms with E-state index in [0.29, 0.717) is 16.5 Å². The van der Waals surface area contributed by atoms with E-state index in [2.05, 4.69) is 15.2 Å². The number of hydrogen-bond acceptors (Lipinski definition) is 9. The largest absolute Gasteiger partial charge is 0.457 e. The van der Waals surface area contributed by atoms with Crippen LogP contribution in [0.4, 0.5) is 0 Å². The number of benzene rings is 1. The van der Waals surface area contributed by atoms with E-state index in [1.807, 2.05) is 23.8 Å². The predicted molar refractivity (Wildman–Crippen MR) is 122 cm³/mol. The van der Waals surface area contributed by atoms with Gasteiger partial charge in [0.25, 0.3) is 5.22 Å². The van der Waals surface area contributed by atoms with Gasteiger partial charge in [-0.2, -0.15) is 0 Å². The molecule has 0 aliphatic heterocycles. The normalized spacial score (nSPS) is 11.0. The van der Waals surface area contributed by atoms with Gasteiger partial charge in [0.1, 0.15) is 5.75 Å². The molecule has 0 amide bonds. The standard InChI is InChI=1S/C21H17ClN4O4S2/c1-12-9-16(13(2)26(12)20-23-7-8-31-20)17(27)10-29-18(28)11-32-21-25-24-19(30-21)14-3-5-15(22)6-4-14/h3-9H,10-11H2,1-2H3. The average molecular weight is 489 g/mol. The van der Waals surface area contributed by atoms with Crippen molar-refractivity contribution in [2.75, 3.05) is 12.4 Å². The second-order valence-corrected chi connectivity index (χ2v) is 8.92. The van der Waals surface area contributed by atoms with Crippen molar-refractivity contribution in [3.63, 3.8) is 0 Å². The first-order valence-corrected chi connectivity index (χ1v) is 11.7. The summed E-state index contributed by atoms with van der Waals surface area (Å²) in [4.78, 5) is 29.0. The molecule has 32 heavy (non-hydrogen) atoms. The molecule has 0 saturated heterocycles. The Balaban J connectivity index is 1.31. The maximum atomic E-state index is 12.6. The quantitative estimate of drug-likeness (QED) is 0.198. The Bertz CT molecular complexity index is 1250. The monoisotopic (exact) mass is 488 g/mol. The van der Waals surface area contributed by atoms with E-state index in [9.17, 15) is 9.59 Å². The van der Waals surface area contributed by atoms with Crippen molar-refractivity contribution in [2.24, 2.45) is 0 Å². The van der Waals surface area contributed by atoms with Crippen LogP contribution in [0.15, 0.2) is 51.5 Å². The molecule has 0 radical (unpaired) electrons. The first kappa shape index (κ1) is 22.3. The van der Waals surface area contributed by atoms with Crippen LogP contribution in [0.1, 0.15) is 21.7 Å². The van der Waals surface area contributed by atoms with Crippen molar-refractivity contribution in [1.82, 2.24) is 19.7 Å². The maximum Gasteiger partial charge on any atom is 0.316 e. The minimum absolute atomic E-state index is 0.0618. The molecule has 3 aromatic heterocycles. The zero-order valence-electron chi connectivity index (χ0n) is 17.1. The van der Waals surface area contributed by atoms with Crippen molar-refractivity contribution < 1.29 is 18.7 Å². The number of ether oxygens (including phenoxy) is 1. The maximum absolute atomic E-state index is 12.6. The number of carbonyl (C=O) groups is 2. The molecule has 11 heteroatoms. The third kappa shape index (κ3) is 4.93. The molecule has 4 rings (SSSR count). The van der Waals surface area contributed by atoms with Crippen LogP contribution < -0.4 is 0 Å². The molecule has 0 unspecified atom stereocenters. The number of carbonyl (C=O) groups excluding carboxylic acids is 2. The van der Waals surface area contributed by atoms with Crippen molar-refractivity contribution in [2.45, 2.75) is 19.1 Å². The van der Waals surface area contributed by atoms with Crippen molar-refractivity contribution in [1.29, 1.82) is 0 Å². The summed E-state index contributed by atoms with van der Waals surface area (Å²) in [6.07, 6.45) is 1.71. The van der Waals surface area contributed by atoms with E-state index in [0.717, 1.165) is 33.8 Å². The first-order valence-electron chi connectivity index (χ1n) is 9.42. The predicted octanol–water partition coefficient (Wildman–Crippen LogP) is 4.77. The lowest BCUT2D eigenvalue weighted by molar-refractivity contribution is -0.139. The number of thiazole rings is 1. The molecule has 0 saturated carbocycles. The topological polar surface area (TPSA) is 100 Å². The van der Waals surface area contributed by atoms with Crippen molar-refractivity contribution in [3.8, 4) is 16.6 Å². The summed E-state index contributed by atoms with van der Waals surface area (Å²) in [5.74, 6) is -0.568. The first-order chi connectivity index (χ1) is 15.4. The number of ketones is 1. The zero-order chi connectivity index (χ0) is 22.7. The fourth-order valence-electron chi connectivity index (χ4n) is 3.03. The second-order valence-electron chi connectivity index (χ2n) is 6.69. The van der Waals surface area contributed by atoms with Gasteiger partial charge in [-0.3, -0.25) is 14.2 Å². The van der Waals surface area contributed by atoms with Crippen molar-refractivity contribution in [3.05, 3.63) is 63.9 Å². The number of Topliss-reactive ketones (excluding diaryl/α,β-unsaturated/α-hetero) is 1. The second kappa shape index (κ2) is 9.68. The van der Waals surface area contributed by atoms with Crippen LogP contribution >= 0.6 is 34.7 Å². The number of halogens is 1. The highest BCUT2D eigenvalue weighted by Crippen LogP contribution is 2.25. The van der Waals surface area contributed by atoms with E-state index >= 15 is 0 Å². The molecule has 0 bridgehead atoms. The van der Waals surface area contributed by atoms with E-state index < -0.39 is 5.97 Å². The summed E-state index contributed by atoms with van der Waals surface area (Å²) in [6.45, 7) is 3.39. The third-order valence-corrected chi connectivity index (χ3v) is 6.32. The van der Waals surface area contributed by atoms with Crippen LogP contribution in [0.5, 0.6) is 0 Å². The number of hydrogen-bond donors (Lipinski definition) is 0. The molecule has 0 spiro atoms. The molecule has 0 N–H and O–H groups in total. The van der Waals surface area contributed by atoms with E-state index in [1.165, 1.54) is 11.3 Å². The van der Waals surface area contributed by atoms with Gasteiger partial charge in [0, 0.05) is 39.1 Å². The summed E-state index contributed by atoms with van der Waals surface area (Å²) >= 11 is 8.39. The minimum atomic E-state index is -0.552. The third-order valence-electron chi connectivity index (χ3n) is 4.52. The molecule has 3 heterocycles. The number of thioether (sulfide) groups is 1. The van der Waals surface area contributed by atoms with Crippen molar-refractivity contribution >= 4 is 46.5 Å². The van der Waals surface area contributed by atoms with Gasteiger partial charge in [-0.15, -0.1) is 21.5 Å². The molecule has 0 fully saturated rings. The zero-order valence-corrected chi connectivity index (χ0v) is 19.5. The highest BCUT2D eigenvalue weighted by atomic mass is 35.5. The molecule has 8 nitrogen and oxygen atoms in total. The average Bonchev–Trinajstić information content (AvgIpc) is 3.52. The highest BCUT2D eigenvalue weighted by molar-refractivity contribution is 7.99. The fraction of sp³-hybridized carbons (Fsp3) is 0.190. The fourth-order valence-corrected chi connectivity index (χ4v) is 4.47.